The lowest BCUT2D eigenvalue weighted by atomic mass is 10.5. The van der Waals surface area contributed by atoms with Crippen molar-refractivity contribution in [1.82, 2.24) is 10.6 Å². The Morgan fingerprint density at radius 3 is 1.55 bits per heavy atom. The smallest absolute Gasteiger partial charge is 0.0132 e. The minimum Gasteiger partial charge on any atom is -0.312 e. The van der Waals surface area contributed by atoms with Gasteiger partial charge in [0.05, 0.1) is 0 Å². The Labute approximate surface area is 75.2 Å². The van der Waals surface area contributed by atoms with Crippen LogP contribution in [0, 0.1) is 0 Å². The van der Waals surface area contributed by atoms with Crippen LogP contribution in [-0.2, 0) is 0 Å². The highest BCUT2D eigenvalue weighted by Gasteiger charge is 1.81. The van der Waals surface area contributed by atoms with E-state index in [1.165, 1.54) is 0 Å². The second-order valence-electron chi connectivity index (χ2n) is 1.99. The van der Waals surface area contributed by atoms with Crippen molar-refractivity contribution in [3.63, 3.8) is 0 Å². The SMILES string of the molecule is C=CCNCCNCC=C.Cl. The first kappa shape index (κ1) is 13.3. The molecule has 0 aliphatic heterocycles. The van der Waals surface area contributed by atoms with Crippen molar-refractivity contribution in [2.24, 2.45) is 0 Å². The van der Waals surface area contributed by atoms with E-state index in [1.807, 2.05) is 12.2 Å². The first-order valence-electron chi connectivity index (χ1n) is 3.55. The van der Waals surface area contributed by atoms with Gasteiger partial charge < -0.3 is 10.6 Å². The fourth-order valence-electron chi connectivity index (χ4n) is 0.585. The number of hydrogen-bond acceptors (Lipinski definition) is 2. The monoisotopic (exact) mass is 176 g/mol. The van der Waals surface area contributed by atoms with Crippen molar-refractivity contribution < 1.29 is 0 Å². The molecule has 0 amide bonds. The molecule has 2 N–H and O–H groups in total. The average molecular weight is 177 g/mol. The summed E-state index contributed by atoms with van der Waals surface area (Å²) >= 11 is 0. The topological polar surface area (TPSA) is 24.1 Å². The summed E-state index contributed by atoms with van der Waals surface area (Å²) in [7, 11) is 0. The third-order valence-corrected chi connectivity index (χ3v) is 1.06. The van der Waals surface area contributed by atoms with E-state index in [1.54, 1.807) is 0 Å². The largest absolute Gasteiger partial charge is 0.312 e. The lowest BCUT2D eigenvalue weighted by Gasteiger charge is -2.00. The molecule has 0 aromatic rings. The molecule has 0 aromatic carbocycles. The average Bonchev–Trinajstić information content (AvgIpc) is 1.97. The summed E-state index contributed by atoms with van der Waals surface area (Å²) < 4.78 is 0. The van der Waals surface area contributed by atoms with Crippen molar-refractivity contribution in [1.29, 1.82) is 0 Å². The zero-order valence-corrected chi connectivity index (χ0v) is 7.62. The molecule has 0 saturated carbocycles. The Morgan fingerprint density at radius 2 is 1.27 bits per heavy atom. The fourth-order valence-corrected chi connectivity index (χ4v) is 0.585. The minimum atomic E-state index is 0. The van der Waals surface area contributed by atoms with Crippen LogP contribution in [0.5, 0.6) is 0 Å². The highest BCUT2D eigenvalue weighted by atomic mass is 35.5. The van der Waals surface area contributed by atoms with E-state index in [0.717, 1.165) is 26.2 Å². The van der Waals surface area contributed by atoms with Gasteiger partial charge in [-0.25, -0.2) is 0 Å². The molecular formula is C8H17ClN2. The van der Waals surface area contributed by atoms with Gasteiger partial charge in [0.1, 0.15) is 0 Å². The Hall–Kier alpha value is -0.310. The Balaban J connectivity index is 0. The van der Waals surface area contributed by atoms with Gasteiger partial charge in [-0.05, 0) is 0 Å². The molecule has 0 spiro atoms. The molecular weight excluding hydrogens is 160 g/mol. The van der Waals surface area contributed by atoms with Crippen LogP contribution in [0.25, 0.3) is 0 Å². The Bertz CT molecular complexity index is 82.1. The first-order chi connectivity index (χ1) is 4.91. The molecule has 0 saturated heterocycles. The molecule has 0 radical (unpaired) electrons. The normalized spacial score (nSPS) is 8.36. The lowest BCUT2D eigenvalue weighted by Crippen LogP contribution is -2.27. The van der Waals surface area contributed by atoms with Gasteiger partial charge in [-0.2, -0.15) is 0 Å². The maximum Gasteiger partial charge on any atom is 0.0132 e. The molecule has 3 heteroatoms. The molecule has 0 heterocycles. The van der Waals surface area contributed by atoms with Crippen molar-refractivity contribution in [3.05, 3.63) is 25.3 Å². The summed E-state index contributed by atoms with van der Waals surface area (Å²) in [4.78, 5) is 0. The molecule has 0 rings (SSSR count). The number of halogens is 1. The fraction of sp³-hybridized carbons (Fsp3) is 0.500. The summed E-state index contributed by atoms with van der Waals surface area (Å²) in [5.41, 5.74) is 0. The second-order valence-corrected chi connectivity index (χ2v) is 1.99. The van der Waals surface area contributed by atoms with Gasteiger partial charge in [-0.3, -0.25) is 0 Å². The van der Waals surface area contributed by atoms with Gasteiger partial charge in [-0.15, -0.1) is 25.6 Å². The van der Waals surface area contributed by atoms with E-state index < -0.39 is 0 Å². The third-order valence-electron chi connectivity index (χ3n) is 1.06. The molecule has 11 heavy (non-hydrogen) atoms. The van der Waals surface area contributed by atoms with E-state index >= 15 is 0 Å². The van der Waals surface area contributed by atoms with Crippen LogP contribution in [-0.4, -0.2) is 26.2 Å². The standard InChI is InChI=1S/C8H16N2.ClH/c1-3-5-9-7-8-10-6-4-2;/h3-4,9-10H,1-2,5-8H2;1H. The molecule has 66 valence electrons. The second kappa shape index (κ2) is 12.4. The Kier molecular flexibility index (Phi) is 15.0. The summed E-state index contributed by atoms with van der Waals surface area (Å²) in [5.74, 6) is 0. The van der Waals surface area contributed by atoms with Crippen LogP contribution in [0.3, 0.4) is 0 Å². The number of hydrogen-bond donors (Lipinski definition) is 2. The van der Waals surface area contributed by atoms with Crippen LogP contribution >= 0.6 is 12.4 Å². The zero-order chi connectivity index (χ0) is 7.66. The van der Waals surface area contributed by atoms with Crippen LogP contribution in [0.15, 0.2) is 25.3 Å². The molecule has 0 aliphatic rings. The predicted octanol–water partition coefficient (Wildman–Crippen LogP) is 0.959. The van der Waals surface area contributed by atoms with E-state index in [2.05, 4.69) is 23.8 Å². The molecule has 0 aliphatic carbocycles. The summed E-state index contributed by atoms with van der Waals surface area (Å²) in [6.07, 6.45) is 3.71. The van der Waals surface area contributed by atoms with E-state index in [0.29, 0.717) is 0 Å². The molecule has 0 unspecified atom stereocenters. The summed E-state index contributed by atoms with van der Waals surface area (Å²) in [5, 5.41) is 6.36. The van der Waals surface area contributed by atoms with Crippen LogP contribution < -0.4 is 10.6 Å². The minimum absolute atomic E-state index is 0. The van der Waals surface area contributed by atoms with Crippen molar-refractivity contribution in [2.45, 2.75) is 0 Å². The van der Waals surface area contributed by atoms with Gasteiger partial charge in [0.2, 0.25) is 0 Å². The van der Waals surface area contributed by atoms with Crippen LogP contribution in [0.2, 0.25) is 0 Å². The van der Waals surface area contributed by atoms with Crippen LogP contribution in [0.4, 0.5) is 0 Å². The van der Waals surface area contributed by atoms with E-state index in [9.17, 15) is 0 Å². The van der Waals surface area contributed by atoms with Gasteiger partial charge in [0, 0.05) is 26.2 Å². The number of rotatable bonds is 7. The van der Waals surface area contributed by atoms with Crippen molar-refractivity contribution >= 4 is 12.4 Å². The molecule has 2 nitrogen and oxygen atoms in total. The van der Waals surface area contributed by atoms with E-state index in [4.69, 9.17) is 0 Å². The van der Waals surface area contributed by atoms with Crippen molar-refractivity contribution in [2.75, 3.05) is 26.2 Å². The maximum absolute atomic E-state index is 3.60. The quantitative estimate of drug-likeness (QED) is 0.446. The molecule has 0 aromatic heterocycles. The first-order valence-corrected chi connectivity index (χ1v) is 3.55. The molecule has 0 bridgehead atoms. The van der Waals surface area contributed by atoms with Crippen molar-refractivity contribution in [3.8, 4) is 0 Å². The Morgan fingerprint density at radius 1 is 0.909 bits per heavy atom. The van der Waals surface area contributed by atoms with Crippen LogP contribution in [0.1, 0.15) is 0 Å². The van der Waals surface area contributed by atoms with Gasteiger partial charge in [0.25, 0.3) is 0 Å². The summed E-state index contributed by atoms with van der Waals surface area (Å²) in [6.45, 7) is 10.9. The molecule has 0 atom stereocenters. The lowest BCUT2D eigenvalue weighted by molar-refractivity contribution is 0.668. The highest BCUT2D eigenvalue weighted by molar-refractivity contribution is 5.85. The van der Waals surface area contributed by atoms with Gasteiger partial charge >= 0.3 is 0 Å². The highest BCUT2D eigenvalue weighted by Crippen LogP contribution is 1.62. The number of nitrogens with one attached hydrogen (secondary N) is 2. The van der Waals surface area contributed by atoms with E-state index in [-0.39, 0.29) is 12.4 Å². The third kappa shape index (κ3) is 12.8. The van der Waals surface area contributed by atoms with Gasteiger partial charge in [0.15, 0.2) is 0 Å². The molecule has 0 fully saturated rings. The summed E-state index contributed by atoms with van der Waals surface area (Å²) in [6, 6.07) is 0. The van der Waals surface area contributed by atoms with Gasteiger partial charge in [-0.1, -0.05) is 12.2 Å². The zero-order valence-electron chi connectivity index (χ0n) is 6.81. The maximum atomic E-state index is 3.60. The predicted molar refractivity (Wildman–Crippen MR) is 53.4 cm³/mol.